The summed E-state index contributed by atoms with van der Waals surface area (Å²) in [5, 5.41) is 11.7. The first-order valence-corrected chi connectivity index (χ1v) is 12.9. The van der Waals surface area contributed by atoms with Crippen LogP contribution in [0, 0.1) is 6.92 Å². The van der Waals surface area contributed by atoms with Crippen LogP contribution in [0.4, 0.5) is 0 Å². The lowest BCUT2D eigenvalue weighted by atomic mass is 10.1. The summed E-state index contributed by atoms with van der Waals surface area (Å²) in [5.74, 6) is 1.30. The van der Waals surface area contributed by atoms with Crippen LogP contribution in [0.5, 0.6) is 5.75 Å². The Morgan fingerprint density at radius 3 is 2.63 bits per heavy atom. The van der Waals surface area contributed by atoms with Gasteiger partial charge in [-0.3, -0.25) is 15.1 Å². The zero-order valence-electron chi connectivity index (χ0n) is 19.9. The number of rotatable bonds is 7. The summed E-state index contributed by atoms with van der Waals surface area (Å²) in [7, 11) is 0. The highest BCUT2D eigenvalue weighted by molar-refractivity contribution is 8.13. The number of amides is 1. The van der Waals surface area contributed by atoms with Crippen LogP contribution in [0.15, 0.2) is 82.9 Å². The summed E-state index contributed by atoms with van der Waals surface area (Å²) in [4.78, 5) is 18.4. The molecule has 0 bridgehead atoms. The number of carbonyl (C=O) groups is 1. The SMILES string of the molecule is CCCCOc1ccccc1[C@H]1N=c2ccccc2=C2C(=O)NC(SCc3ccc(C)cc3)=NN21. The molecule has 0 aromatic heterocycles. The summed E-state index contributed by atoms with van der Waals surface area (Å²) in [6.07, 6.45) is 1.53. The van der Waals surface area contributed by atoms with Crippen molar-refractivity contribution in [2.24, 2.45) is 10.1 Å². The number of fused-ring (bicyclic) bond motifs is 2. The van der Waals surface area contributed by atoms with Gasteiger partial charge in [0, 0.05) is 16.5 Å². The van der Waals surface area contributed by atoms with Crippen LogP contribution in [0.1, 0.15) is 42.6 Å². The second-order valence-corrected chi connectivity index (χ2v) is 9.55. The van der Waals surface area contributed by atoms with Crippen LogP contribution in [-0.2, 0) is 10.5 Å². The van der Waals surface area contributed by atoms with E-state index in [4.69, 9.17) is 14.8 Å². The van der Waals surface area contributed by atoms with E-state index in [0.29, 0.717) is 23.2 Å². The molecule has 0 aliphatic carbocycles. The van der Waals surface area contributed by atoms with Gasteiger partial charge in [0.05, 0.1) is 12.0 Å². The van der Waals surface area contributed by atoms with Crippen molar-refractivity contribution in [3.8, 4) is 5.75 Å². The number of benzene rings is 3. The molecule has 5 rings (SSSR count). The van der Waals surface area contributed by atoms with Gasteiger partial charge in [-0.1, -0.05) is 91.3 Å². The number of thioether (sulfide) groups is 1. The van der Waals surface area contributed by atoms with Crippen molar-refractivity contribution in [2.45, 2.75) is 38.6 Å². The number of carbonyl (C=O) groups excluding carboxylic acids is 1. The highest BCUT2D eigenvalue weighted by atomic mass is 32.2. The van der Waals surface area contributed by atoms with E-state index in [-0.39, 0.29) is 5.91 Å². The maximum Gasteiger partial charge on any atom is 0.276 e. The average molecular weight is 485 g/mol. The van der Waals surface area contributed by atoms with Crippen molar-refractivity contribution in [1.82, 2.24) is 10.3 Å². The van der Waals surface area contributed by atoms with Crippen molar-refractivity contribution in [1.29, 1.82) is 0 Å². The third kappa shape index (κ3) is 4.95. The summed E-state index contributed by atoms with van der Waals surface area (Å²) in [6, 6.07) is 24.0. The van der Waals surface area contributed by atoms with Crippen molar-refractivity contribution in [3.05, 3.63) is 100 Å². The molecule has 1 amide bonds. The Kier molecular flexibility index (Phi) is 6.86. The average Bonchev–Trinajstić information content (AvgIpc) is 2.88. The van der Waals surface area contributed by atoms with Gasteiger partial charge in [-0.25, -0.2) is 5.01 Å². The Morgan fingerprint density at radius 1 is 1.03 bits per heavy atom. The van der Waals surface area contributed by atoms with Crippen LogP contribution in [0.2, 0.25) is 0 Å². The molecule has 0 unspecified atom stereocenters. The largest absolute Gasteiger partial charge is 0.493 e. The lowest BCUT2D eigenvalue weighted by Gasteiger charge is -2.34. The maximum absolute atomic E-state index is 13.4. The molecule has 35 heavy (non-hydrogen) atoms. The lowest BCUT2D eigenvalue weighted by Crippen LogP contribution is -2.50. The molecule has 0 fully saturated rings. The smallest absolute Gasteiger partial charge is 0.276 e. The molecule has 1 atom stereocenters. The van der Waals surface area contributed by atoms with Gasteiger partial charge >= 0.3 is 0 Å². The molecule has 0 spiro atoms. The quantitative estimate of drug-likeness (QED) is 0.509. The Hall–Kier alpha value is -3.58. The van der Waals surface area contributed by atoms with Crippen LogP contribution < -0.4 is 20.6 Å². The standard InChI is InChI=1S/C28H28N4O2S/c1-3-4-17-34-24-12-8-6-10-22(24)26-29-23-11-7-5-9-21(23)25-27(33)30-28(31-32(25)26)35-18-20-15-13-19(2)14-16-20/h5-16,26H,3-4,17-18H2,1-2H3,(H,30,31,33)/t26-/m0/s1. The second kappa shape index (κ2) is 10.4. The molecular weight excluding hydrogens is 456 g/mol. The minimum atomic E-state index is -0.501. The highest BCUT2D eigenvalue weighted by Crippen LogP contribution is 2.35. The number of aryl methyl sites for hydroxylation is 1. The Balaban J connectivity index is 1.53. The van der Waals surface area contributed by atoms with E-state index in [9.17, 15) is 4.79 Å². The second-order valence-electron chi connectivity index (χ2n) is 8.59. The van der Waals surface area contributed by atoms with Gasteiger partial charge in [0.25, 0.3) is 5.91 Å². The molecule has 2 heterocycles. The van der Waals surface area contributed by atoms with Gasteiger partial charge < -0.3 is 4.74 Å². The van der Waals surface area contributed by atoms with Crippen LogP contribution in [0.25, 0.3) is 5.70 Å². The number of unbranched alkanes of at least 4 members (excludes halogenated alkanes) is 1. The molecule has 178 valence electrons. The van der Waals surface area contributed by atoms with Crippen molar-refractivity contribution in [2.75, 3.05) is 6.61 Å². The number of para-hydroxylation sites is 2. The molecule has 6 nitrogen and oxygen atoms in total. The Bertz CT molecular complexity index is 1380. The fourth-order valence-electron chi connectivity index (χ4n) is 4.08. The molecule has 1 N–H and O–H groups in total. The molecule has 0 radical (unpaired) electrons. The number of hydrogen-bond donors (Lipinski definition) is 1. The van der Waals surface area contributed by atoms with E-state index in [0.717, 1.165) is 34.7 Å². The highest BCUT2D eigenvalue weighted by Gasteiger charge is 2.35. The molecule has 0 saturated heterocycles. The topological polar surface area (TPSA) is 66.3 Å². The van der Waals surface area contributed by atoms with Crippen molar-refractivity contribution >= 4 is 28.5 Å². The first-order valence-electron chi connectivity index (χ1n) is 11.9. The summed E-state index contributed by atoms with van der Waals surface area (Å²) in [6.45, 7) is 4.84. The van der Waals surface area contributed by atoms with E-state index in [1.807, 2.05) is 48.5 Å². The summed E-state index contributed by atoms with van der Waals surface area (Å²) >= 11 is 1.51. The van der Waals surface area contributed by atoms with Crippen molar-refractivity contribution in [3.63, 3.8) is 0 Å². The zero-order chi connectivity index (χ0) is 24.2. The van der Waals surface area contributed by atoms with Gasteiger partial charge in [-0.05, 0) is 31.0 Å². The minimum absolute atomic E-state index is 0.178. The fraction of sp³-hybridized carbons (Fsp3) is 0.250. The Labute approximate surface area is 209 Å². The van der Waals surface area contributed by atoms with E-state index >= 15 is 0 Å². The van der Waals surface area contributed by atoms with Gasteiger partial charge in [-0.15, -0.1) is 5.10 Å². The summed E-state index contributed by atoms with van der Waals surface area (Å²) in [5.41, 5.74) is 3.78. The van der Waals surface area contributed by atoms with Gasteiger partial charge in [0.2, 0.25) is 0 Å². The van der Waals surface area contributed by atoms with Crippen molar-refractivity contribution < 1.29 is 9.53 Å². The van der Waals surface area contributed by atoms with E-state index < -0.39 is 6.17 Å². The maximum atomic E-state index is 13.4. The molecule has 2 aliphatic heterocycles. The number of nitrogens with one attached hydrogen (secondary N) is 1. The lowest BCUT2D eigenvalue weighted by molar-refractivity contribution is -0.116. The van der Waals surface area contributed by atoms with Crippen LogP contribution in [0.3, 0.4) is 0 Å². The zero-order valence-corrected chi connectivity index (χ0v) is 20.7. The molecule has 3 aromatic rings. The number of amidine groups is 1. The number of ether oxygens (including phenoxy) is 1. The number of nitrogens with zero attached hydrogens (tertiary/aromatic N) is 3. The predicted octanol–water partition coefficient (Wildman–Crippen LogP) is 4.25. The van der Waals surface area contributed by atoms with Crippen LogP contribution in [-0.4, -0.2) is 22.7 Å². The van der Waals surface area contributed by atoms with Gasteiger partial charge in [-0.2, -0.15) is 0 Å². The monoisotopic (exact) mass is 484 g/mol. The van der Waals surface area contributed by atoms with E-state index in [2.05, 4.69) is 43.4 Å². The summed E-state index contributed by atoms with van der Waals surface area (Å²) < 4.78 is 6.12. The fourth-order valence-corrected chi connectivity index (χ4v) is 4.89. The molecule has 2 aliphatic rings. The number of hydrogen-bond acceptors (Lipinski definition) is 6. The molecule has 3 aromatic carbocycles. The van der Waals surface area contributed by atoms with Gasteiger partial charge in [0.15, 0.2) is 11.3 Å². The first kappa shape index (κ1) is 23.2. The van der Waals surface area contributed by atoms with E-state index in [1.165, 1.54) is 22.9 Å². The Morgan fingerprint density at radius 2 is 1.80 bits per heavy atom. The van der Waals surface area contributed by atoms with Crippen LogP contribution >= 0.6 is 11.8 Å². The predicted molar refractivity (Wildman–Crippen MR) is 140 cm³/mol. The number of hydrazone groups is 1. The molecule has 7 heteroatoms. The third-order valence-electron chi connectivity index (χ3n) is 5.96. The van der Waals surface area contributed by atoms with Gasteiger partial charge in [0.1, 0.15) is 11.4 Å². The third-order valence-corrected chi connectivity index (χ3v) is 6.90. The normalized spacial score (nSPS) is 16.6. The molecular formula is C28H28N4O2S. The minimum Gasteiger partial charge on any atom is -0.493 e. The first-order chi connectivity index (χ1) is 17.1. The van der Waals surface area contributed by atoms with E-state index in [1.54, 1.807) is 5.01 Å². The molecule has 0 saturated carbocycles.